The highest BCUT2D eigenvalue weighted by Gasteiger charge is 2.28. The van der Waals surface area contributed by atoms with Crippen LogP contribution in [0.5, 0.6) is 0 Å². The van der Waals surface area contributed by atoms with Crippen LogP contribution in [0.2, 0.25) is 0 Å². The zero-order valence-electron chi connectivity index (χ0n) is 15.1. The van der Waals surface area contributed by atoms with E-state index in [-0.39, 0.29) is 11.8 Å². The first-order chi connectivity index (χ1) is 13.1. The van der Waals surface area contributed by atoms with Crippen LogP contribution < -0.4 is 0 Å². The van der Waals surface area contributed by atoms with Crippen LogP contribution in [-0.4, -0.2) is 34.0 Å². The number of carbonyl (C=O) groups excluding carboxylic acids is 1. The molecule has 0 unspecified atom stereocenters. The average Bonchev–Trinajstić information content (AvgIpc) is 3.18. The molecule has 0 aliphatic carbocycles. The van der Waals surface area contributed by atoms with Gasteiger partial charge in [-0.05, 0) is 44.0 Å². The van der Waals surface area contributed by atoms with E-state index in [2.05, 4.69) is 26.1 Å². The Bertz CT molecular complexity index is 961. The molecule has 5 nitrogen and oxygen atoms in total. The Morgan fingerprint density at radius 1 is 1.15 bits per heavy atom. The van der Waals surface area contributed by atoms with Gasteiger partial charge in [-0.25, -0.2) is 0 Å². The molecule has 0 bridgehead atoms. The highest BCUT2D eigenvalue weighted by atomic mass is 79.9. The number of hydrogen-bond acceptors (Lipinski definition) is 4. The molecule has 1 aliphatic rings. The normalized spacial score (nSPS) is 15.1. The Morgan fingerprint density at radius 3 is 2.67 bits per heavy atom. The van der Waals surface area contributed by atoms with Crippen LogP contribution in [0.4, 0.5) is 0 Å². The molecule has 0 radical (unpaired) electrons. The van der Waals surface area contributed by atoms with E-state index < -0.39 is 0 Å². The third-order valence-corrected chi connectivity index (χ3v) is 5.41. The van der Waals surface area contributed by atoms with E-state index >= 15 is 0 Å². The molecule has 1 amide bonds. The van der Waals surface area contributed by atoms with E-state index in [1.165, 1.54) is 5.56 Å². The van der Waals surface area contributed by atoms with Crippen LogP contribution >= 0.6 is 15.9 Å². The molecule has 1 fully saturated rings. The highest BCUT2D eigenvalue weighted by Crippen LogP contribution is 2.29. The summed E-state index contributed by atoms with van der Waals surface area (Å²) in [7, 11) is 0. The second kappa shape index (κ2) is 7.64. The van der Waals surface area contributed by atoms with Gasteiger partial charge in [0.25, 0.3) is 5.91 Å². The van der Waals surface area contributed by atoms with E-state index in [4.69, 9.17) is 4.52 Å². The summed E-state index contributed by atoms with van der Waals surface area (Å²) in [6.45, 7) is 3.43. The predicted molar refractivity (Wildman–Crippen MR) is 106 cm³/mol. The van der Waals surface area contributed by atoms with E-state index in [0.29, 0.717) is 30.4 Å². The number of hydrogen-bond donors (Lipinski definition) is 0. The molecule has 138 valence electrons. The molecule has 0 spiro atoms. The van der Waals surface area contributed by atoms with Crippen molar-refractivity contribution in [2.45, 2.75) is 25.7 Å². The molecule has 1 aliphatic heterocycles. The van der Waals surface area contributed by atoms with Gasteiger partial charge in [0.15, 0.2) is 0 Å². The van der Waals surface area contributed by atoms with Crippen molar-refractivity contribution in [1.82, 2.24) is 15.0 Å². The van der Waals surface area contributed by atoms with Gasteiger partial charge in [0.2, 0.25) is 11.7 Å². The molecule has 0 N–H and O–H groups in total. The van der Waals surface area contributed by atoms with Gasteiger partial charge in [-0.15, -0.1) is 0 Å². The lowest BCUT2D eigenvalue weighted by Gasteiger charge is -2.30. The maximum absolute atomic E-state index is 12.7. The minimum Gasteiger partial charge on any atom is -0.339 e. The summed E-state index contributed by atoms with van der Waals surface area (Å²) in [5.41, 5.74) is 2.84. The van der Waals surface area contributed by atoms with Gasteiger partial charge < -0.3 is 9.42 Å². The van der Waals surface area contributed by atoms with Gasteiger partial charge in [-0.3, -0.25) is 4.79 Å². The number of likely N-dealkylation sites (tertiary alicyclic amines) is 1. The van der Waals surface area contributed by atoms with Crippen molar-refractivity contribution in [3.05, 3.63) is 70.0 Å². The molecule has 1 aromatic heterocycles. The zero-order valence-corrected chi connectivity index (χ0v) is 16.6. The van der Waals surface area contributed by atoms with E-state index in [1.54, 1.807) is 0 Å². The zero-order chi connectivity index (χ0) is 18.8. The van der Waals surface area contributed by atoms with Gasteiger partial charge in [0.1, 0.15) is 0 Å². The van der Waals surface area contributed by atoms with Crippen molar-refractivity contribution in [2.24, 2.45) is 0 Å². The first-order valence-corrected chi connectivity index (χ1v) is 9.85. The fourth-order valence-electron chi connectivity index (χ4n) is 3.44. The number of carbonyl (C=O) groups is 1. The summed E-state index contributed by atoms with van der Waals surface area (Å²) >= 11 is 3.42. The third-order valence-electron chi connectivity index (χ3n) is 4.92. The summed E-state index contributed by atoms with van der Waals surface area (Å²) < 4.78 is 6.44. The summed E-state index contributed by atoms with van der Waals surface area (Å²) in [6, 6.07) is 15.6. The lowest BCUT2D eigenvalue weighted by Crippen LogP contribution is -2.38. The second-order valence-electron chi connectivity index (χ2n) is 6.90. The SMILES string of the molecule is Cc1cccc(-c2noc(C3CCN(C(=O)c4cccc(Br)c4)CC3)n2)c1. The van der Waals surface area contributed by atoms with Crippen LogP contribution in [0.3, 0.4) is 0 Å². The van der Waals surface area contributed by atoms with E-state index in [0.717, 1.165) is 22.9 Å². The van der Waals surface area contributed by atoms with Crippen molar-refractivity contribution in [3.63, 3.8) is 0 Å². The van der Waals surface area contributed by atoms with Crippen molar-refractivity contribution in [3.8, 4) is 11.4 Å². The lowest BCUT2D eigenvalue weighted by molar-refractivity contribution is 0.0704. The van der Waals surface area contributed by atoms with Crippen molar-refractivity contribution in [2.75, 3.05) is 13.1 Å². The monoisotopic (exact) mass is 425 g/mol. The lowest BCUT2D eigenvalue weighted by atomic mass is 9.96. The molecule has 2 aromatic carbocycles. The van der Waals surface area contributed by atoms with Gasteiger partial charge >= 0.3 is 0 Å². The molecule has 0 atom stereocenters. The average molecular weight is 426 g/mol. The molecule has 6 heteroatoms. The maximum atomic E-state index is 12.7. The summed E-state index contributed by atoms with van der Waals surface area (Å²) in [4.78, 5) is 19.2. The summed E-state index contributed by atoms with van der Waals surface area (Å²) in [5.74, 6) is 1.56. The number of rotatable bonds is 3. The summed E-state index contributed by atoms with van der Waals surface area (Å²) in [6.07, 6.45) is 1.66. The van der Waals surface area contributed by atoms with Crippen molar-refractivity contribution in [1.29, 1.82) is 0 Å². The fourth-order valence-corrected chi connectivity index (χ4v) is 3.84. The van der Waals surface area contributed by atoms with Crippen LogP contribution in [0.1, 0.15) is 40.6 Å². The third kappa shape index (κ3) is 3.95. The Kier molecular flexibility index (Phi) is 5.07. The molecule has 2 heterocycles. The number of nitrogens with zero attached hydrogens (tertiary/aromatic N) is 3. The standard InChI is InChI=1S/C21H20BrN3O2/c1-14-4-2-5-16(12-14)19-23-20(27-24-19)15-8-10-25(11-9-15)21(26)17-6-3-7-18(22)13-17/h2-7,12-13,15H,8-11H2,1H3. The molecule has 3 aromatic rings. The molecule has 1 saturated heterocycles. The number of amides is 1. The Balaban J connectivity index is 1.42. The van der Waals surface area contributed by atoms with Gasteiger partial charge in [-0.2, -0.15) is 4.98 Å². The van der Waals surface area contributed by atoms with Gasteiger partial charge in [-0.1, -0.05) is 50.9 Å². The van der Waals surface area contributed by atoms with Crippen LogP contribution in [0, 0.1) is 6.92 Å². The van der Waals surface area contributed by atoms with Crippen molar-refractivity contribution < 1.29 is 9.32 Å². The van der Waals surface area contributed by atoms with Gasteiger partial charge in [0.05, 0.1) is 0 Å². The Morgan fingerprint density at radius 2 is 1.93 bits per heavy atom. The molecular weight excluding hydrogens is 406 g/mol. The first kappa shape index (κ1) is 17.9. The molecular formula is C21H20BrN3O2. The number of piperidine rings is 1. The largest absolute Gasteiger partial charge is 0.339 e. The first-order valence-electron chi connectivity index (χ1n) is 9.05. The number of aromatic nitrogens is 2. The molecule has 27 heavy (non-hydrogen) atoms. The Labute approximate surface area is 166 Å². The van der Waals surface area contributed by atoms with Crippen LogP contribution in [-0.2, 0) is 0 Å². The second-order valence-corrected chi connectivity index (χ2v) is 7.82. The van der Waals surface area contributed by atoms with E-state index in [9.17, 15) is 4.79 Å². The van der Waals surface area contributed by atoms with Gasteiger partial charge in [0, 0.05) is 34.6 Å². The maximum Gasteiger partial charge on any atom is 0.253 e. The fraction of sp³-hybridized carbons (Fsp3) is 0.286. The Hall–Kier alpha value is -2.47. The van der Waals surface area contributed by atoms with Crippen LogP contribution in [0.25, 0.3) is 11.4 Å². The number of aryl methyl sites for hydroxylation is 1. The quantitative estimate of drug-likeness (QED) is 0.602. The minimum atomic E-state index is 0.0701. The molecule has 0 saturated carbocycles. The summed E-state index contributed by atoms with van der Waals surface area (Å²) in [5, 5.41) is 4.14. The van der Waals surface area contributed by atoms with E-state index in [1.807, 2.05) is 60.4 Å². The minimum absolute atomic E-state index is 0.0701. The molecule has 4 rings (SSSR count). The van der Waals surface area contributed by atoms with Crippen LogP contribution in [0.15, 0.2) is 57.5 Å². The highest BCUT2D eigenvalue weighted by molar-refractivity contribution is 9.10. The predicted octanol–water partition coefficient (Wildman–Crippen LogP) is 4.83. The topological polar surface area (TPSA) is 59.2 Å². The van der Waals surface area contributed by atoms with Crippen molar-refractivity contribution >= 4 is 21.8 Å². The number of benzene rings is 2. The number of halogens is 1. The smallest absolute Gasteiger partial charge is 0.253 e.